The highest BCUT2D eigenvalue weighted by Gasteiger charge is 2.32. The van der Waals surface area contributed by atoms with Gasteiger partial charge in [-0.25, -0.2) is 14.8 Å². The van der Waals surface area contributed by atoms with E-state index in [0.29, 0.717) is 36.2 Å². The van der Waals surface area contributed by atoms with Crippen molar-refractivity contribution < 1.29 is 24.2 Å². The van der Waals surface area contributed by atoms with Crippen molar-refractivity contribution >= 4 is 72.9 Å². The number of methoxy groups -OCH3 is 1. The SMILES string of the molecule is COc1cc(N2CCN(CCc3cccc4c3n(C)c(=O)n4C3CCC(=O)NC3=O)CC2)ccc1-c1cc(C(=O)N(C)C)cc2sc(C3=CCCN(C(O)CCc4nccs4)C3)nc12. The third kappa shape index (κ3) is 8.62. The second kappa shape index (κ2) is 18.4. The van der Waals surface area contributed by atoms with Gasteiger partial charge in [0.1, 0.15) is 23.0 Å². The summed E-state index contributed by atoms with van der Waals surface area (Å²) in [7, 11) is 6.94. The van der Waals surface area contributed by atoms with Crippen molar-refractivity contribution in [2.24, 2.45) is 7.05 Å². The van der Waals surface area contributed by atoms with Crippen molar-refractivity contribution in [1.29, 1.82) is 0 Å². The van der Waals surface area contributed by atoms with Crippen molar-refractivity contribution in [3.63, 3.8) is 0 Å². The summed E-state index contributed by atoms with van der Waals surface area (Å²) in [5, 5.41) is 17.4. The van der Waals surface area contributed by atoms with E-state index in [1.54, 1.807) is 71.2 Å². The van der Waals surface area contributed by atoms with Crippen molar-refractivity contribution in [2.75, 3.05) is 71.9 Å². The molecule has 3 aliphatic rings. The van der Waals surface area contributed by atoms with Crippen LogP contribution in [0.25, 0.3) is 38.0 Å². The summed E-state index contributed by atoms with van der Waals surface area (Å²) >= 11 is 3.18. The van der Waals surface area contributed by atoms with Gasteiger partial charge in [-0.3, -0.25) is 38.6 Å². The van der Waals surface area contributed by atoms with Crippen LogP contribution in [0.15, 0.2) is 71.0 Å². The number of nitrogens with zero attached hydrogens (tertiary/aromatic N) is 8. The Balaban J connectivity index is 0.907. The fourth-order valence-electron chi connectivity index (χ4n) is 9.30. The molecular formula is C47H53N9O6S2. The molecule has 2 fully saturated rings. The highest BCUT2D eigenvalue weighted by molar-refractivity contribution is 7.19. The number of ether oxygens (including phenoxy) is 1. The molecule has 334 valence electrons. The molecule has 0 spiro atoms. The summed E-state index contributed by atoms with van der Waals surface area (Å²) in [5.74, 6) is -0.143. The molecule has 3 aliphatic heterocycles. The van der Waals surface area contributed by atoms with Gasteiger partial charge in [-0.2, -0.15) is 0 Å². The van der Waals surface area contributed by atoms with Crippen molar-refractivity contribution in [2.45, 2.75) is 50.8 Å². The number of thiazole rings is 2. The second-order valence-corrected chi connectivity index (χ2v) is 19.0. The minimum Gasteiger partial charge on any atom is -0.496 e. The lowest BCUT2D eigenvalue weighted by Crippen LogP contribution is -2.47. The number of carbonyl (C=O) groups excluding carboxylic acids is 3. The van der Waals surface area contributed by atoms with Crippen LogP contribution in [0, 0.1) is 0 Å². The Morgan fingerprint density at radius 3 is 2.61 bits per heavy atom. The quantitative estimate of drug-likeness (QED) is 0.148. The largest absolute Gasteiger partial charge is 0.496 e. The molecule has 3 amide bonds. The van der Waals surface area contributed by atoms with Gasteiger partial charge in [0.25, 0.3) is 5.91 Å². The fourth-order valence-corrected chi connectivity index (χ4v) is 11.0. The van der Waals surface area contributed by atoms with Gasteiger partial charge in [0.2, 0.25) is 11.8 Å². The lowest BCUT2D eigenvalue weighted by molar-refractivity contribution is -0.135. The Labute approximate surface area is 379 Å². The molecule has 17 heteroatoms. The number of rotatable bonds is 13. The zero-order valence-corrected chi connectivity index (χ0v) is 38.2. The van der Waals surface area contributed by atoms with Crippen molar-refractivity contribution in [3.8, 4) is 16.9 Å². The van der Waals surface area contributed by atoms with Gasteiger partial charge in [0, 0.05) is 120 Å². The van der Waals surface area contributed by atoms with Gasteiger partial charge in [-0.15, -0.1) is 22.7 Å². The standard InChI is InChI=1S/C47H53N9O6S2/c1-51(2)46(60)31-25-34(42-38(26-31)64-45(50-42)30-8-6-18-55(28-30)41(58)15-14-40-48-17-24-63-40)33-11-10-32(27-37(33)62-4)54-22-20-53(21-23-54)19-16-29-7-5-9-35-43(29)52(3)47(61)56(35)36-12-13-39(57)49-44(36)59/h5,7-11,17,24-27,36,41,58H,6,12-16,18-23,28H2,1-4H3,(H,49,57,59). The molecule has 64 heavy (non-hydrogen) atoms. The molecule has 6 aromatic rings. The highest BCUT2D eigenvalue weighted by atomic mass is 32.1. The lowest BCUT2D eigenvalue weighted by Gasteiger charge is -2.36. The number of fused-ring (bicyclic) bond motifs is 2. The number of imide groups is 1. The predicted octanol–water partition coefficient (Wildman–Crippen LogP) is 5.17. The Morgan fingerprint density at radius 1 is 1.03 bits per heavy atom. The summed E-state index contributed by atoms with van der Waals surface area (Å²) in [4.78, 5) is 69.6. The zero-order chi connectivity index (χ0) is 44.6. The van der Waals surface area contributed by atoms with Gasteiger partial charge in [-0.1, -0.05) is 18.2 Å². The molecule has 15 nitrogen and oxygen atoms in total. The number of amides is 3. The summed E-state index contributed by atoms with van der Waals surface area (Å²) in [6.07, 6.45) is 6.82. The Hall–Kier alpha value is -5.72. The van der Waals surface area contributed by atoms with Gasteiger partial charge >= 0.3 is 5.69 Å². The van der Waals surface area contributed by atoms with Gasteiger partial charge in [-0.05, 0) is 67.2 Å². The van der Waals surface area contributed by atoms with Crippen LogP contribution in [0.1, 0.15) is 57.7 Å². The molecule has 0 radical (unpaired) electrons. The summed E-state index contributed by atoms with van der Waals surface area (Å²) in [5.41, 5.74) is 7.48. The molecule has 0 saturated carbocycles. The summed E-state index contributed by atoms with van der Waals surface area (Å²) < 4.78 is 10.2. The minimum absolute atomic E-state index is 0.0932. The number of nitrogens with one attached hydrogen (secondary N) is 1. The number of hydrogen-bond donors (Lipinski definition) is 2. The molecule has 0 aliphatic carbocycles. The van der Waals surface area contributed by atoms with Crippen LogP contribution in [0.2, 0.25) is 0 Å². The number of aliphatic hydroxyl groups is 1. The smallest absolute Gasteiger partial charge is 0.329 e. The van der Waals surface area contributed by atoms with Crippen LogP contribution in [-0.4, -0.2) is 130 Å². The van der Waals surface area contributed by atoms with E-state index in [2.05, 4.69) is 49.3 Å². The third-order valence-corrected chi connectivity index (χ3v) is 14.7. The summed E-state index contributed by atoms with van der Waals surface area (Å²) in [6, 6.07) is 15.3. The van der Waals surface area contributed by atoms with Crippen LogP contribution >= 0.6 is 22.7 Å². The monoisotopic (exact) mass is 903 g/mol. The van der Waals surface area contributed by atoms with Gasteiger partial charge in [0.05, 0.1) is 33.4 Å². The number of anilines is 1. The van der Waals surface area contributed by atoms with Gasteiger partial charge < -0.3 is 19.6 Å². The Kier molecular flexibility index (Phi) is 12.5. The number of aliphatic hydroxyl groups excluding tert-OH is 1. The molecule has 0 bridgehead atoms. The molecule has 2 saturated heterocycles. The molecule has 2 N–H and O–H groups in total. The molecule has 2 atom stereocenters. The average Bonchev–Trinajstić information content (AvgIpc) is 4.06. The summed E-state index contributed by atoms with van der Waals surface area (Å²) in [6.45, 7) is 5.49. The molecule has 2 unspecified atom stereocenters. The molecule has 3 aromatic heterocycles. The molecular weight excluding hydrogens is 851 g/mol. The maximum absolute atomic E-state index is 13.5. The van der Waals surface area contributed by atoms with E-state index in [1.807, 2.05) is 35.7 Å². The fraction of sp³-hybridized carbons (Fsp3) is 0.404. The number of aryl methyl sites for hydroxylation is 2. The van der Waals surface area contributed by atoms with Crippen LogP contribution in [0.5, 0.6) is 5.75 Å². The topological polar surface area (TPSA) is 158 Å². The third-order valence-electron chi connectivity index (χ3n) is 12.7. The highest BCUT2D eigenvalue weighted by Crippen LogP contribution is 2.41. The second-order valence-electron chi connectivity index (χ2n) is 16.9. The number of para-hydroxylation sites is 1. The number of hydrogen-bond acceptors (Lipinski definition) is 13. The molecule has 3 aromatic carbocycles. The molecule has 6 heterocycles. The zero-order valence-electron chi connectivity index (χ0n) is 36.6. The minimum atomic E-state index is -0.716. The number of benzene rings is 3. The first-order valence-corrected chi connectivity index (χ1v) is 23.5. The van der Waals surface area contributed by atoms with E-state index in [-0.39, 0.29) is 23.9 Å². The number of piperazine rings is 1. The lowest BCUT2D eigenvalue weighted by atomic mass is 9.99. The normalized spacial score (nSPS) is 18.1. The van der Waals surface area contributed by atoms with E-state index in [1.165, 1.54) is 0 Å². The predicted molar refractivity (Wildman–Crippen MR) is 251 cm³/mol. The van der Waals surface area contributed by atoms with Crippen LogP contribution < -0.4 is 20.6 Å². The van der Waals surface area contributed by atoms with Crippen LogP contribution in [-0.2, 0) is 29.5 Å². The van der Waals surface area contributed by atoms with Crippen molar-refractivity contribution in [3.05, 3.63) is 97.8 Å². The first-order valence-electron chi connectivity index (χ1n) is 21.8. The maximum atomic E-state index is 13.5. The number of aromatic nitrogens is 4. The first-order chi connectivity index (χ1) is 31.0. The van der Waals surface area contributed by atoms with Crippen LogP contribution in [0.3, 0.4) is 0 Å². The average molecular weight is 904 g/mol. The van der Waals surface area contributed by atoms with E-state index in [4.69, 9.17) is 9.72 Å². The number of carbonyl (C=O) groups is 3. The van der Waals surface area contributed by atoms with E-state index in [9.17, 15) is 24.3 Å². The maximum Gasteiger partial charge on any atom is 0.329 e. The van der Waals surface area contributed by atoms with Crippen LogP contribution in [0.4, 0.5) is 5.69 Å². The Morgan fingerprint density at radius 2 is 1.86 bits per heavy atom. The number of piperidine rings is 1. The van der Waals surface area contributed by atoms with Gasteiger partial charge in [0.15, 0.2) is 0 Å². The molecule has 9 rings (SSSR count). The Bertz CT molecular complexity index is 2820. The van der Waals surface area contributed by atoms with E-state index < -0.39 is 18.2 Å². The number of imidazole rings is 1. The van der Waals surface area contributed by atoms with E-state index >= 15 is 0 Å². The first kappa shape index (κ1) is 43.5. The van der Waals surface area contributed by atoms with E-state index in [0.717, 1.165) is 112 Å². The van der Waals surface area contributed by atoms with Crippen molar-refractivity contribution in [1.82, 2.24) is 39.1 Å².